The van der Waals surface area contributed by atoms with Gasteiger partial charge < -0.3 is 14.4 Å². The molecule has 160 valence electrons. The smallest absolute Gasteiger partial charge is 0.236 e. The van der Waals surface area contributed by atoms with Gasteiger partial charge in [0.1, 0.15) is 17.7 Å². The van der Waals surface area contributed by atoms with E-state index in [2.05, 4.69) is 4.90 Å². The number of ether oxygens (including phenoxy) is 2. The zero-order valence-corrected chi connectivity index (χ0v) is 17.6. The van der Waals surface area contributed by atoms with E-state index in [-0.39, 0.29) is 22.6 Å². The van der Waals surface area contributed by atoms with Gasteiger partial charge in [-0.25, -0.2) is 4.39 Å². The van der Waals surface area contributed by atoms with Crippen LogP contribution < -0.4 is 4.74 Å². The molecule has 3 heterocycles. The Morgan fingerprint density at radius 3 is 2.76 bits per heavy atom. The van der Waals surface area contributed by atoms with Gasteiger partial charge in [-0.05, 0) is 50.9 Å². The summed E-state index contributed by atoms with van der Waals surface area (Å²) in [6.45, 7) is 4.47. The lowest BCUT2D eigenvalue weighted by Crippen LogP contribution is -2.52. The zero-order valence-electron chi connectivity index (χ0n) is 16.9. The van der Waals surface area contributed by atoms with Gasteiger partial charge in [0.15, 0.2) is 0 Å². The van der Waals surface area contributed by atoms with Crippen LogP contribution in [0.1, 0.15) is 44.9 Å². The molecule has 4 rings (SSSR count). The lowest BCUT2D eigenvalue weighted by Gasteiger charge is -2.40. The summed E-state index contributed by atoms with van der Waals surface area (Å²) in [5, 5.41) is 0.0547. The lowest BCUT2D eigenvalue weighted by atomic mass is 9.89. The number of benzene rings is 1. The molecule has 2 atom stereocenters. The minimum Gasteiger partial charge on any atom is -0.488 e. The van der Waals surface area contributed by atoms with Crippen LogP contribution in [-0.2, 0) is 9.53 Å². The molecule has 3 fully saturated rings. The number of nitrogens with zero attached hydrogens (tertiary/aromatic N) is 2. The topological polar surface area (TPSA) is 42.0 Å². The molecule has 3 saturated heterocycles. The second-order valence-corrected chi connectivity index (χ2v) is 9.03. The molecule has 1 amide bonds. The van der Waals surface area contributed by atoms with Gasteiger partial charge in [0.2, 0.25) is 5.91 Å². The maximum atomic E-state index is 13.4. The third-order valence-electron chi connectivity index (χ3n) is 6.32. The SMILES string of the molecule is O=C(CN1CCCCCC1)N1CCC[C@@]2(C[C@@H](Oc3ccc(F)c(Cl)c3)CO2)C1. The second kappa shape index (κ2) is 9.19. The number of halogens is 2. The van der Waals surface area contributed by atoms with E-state index in [0.29, 0.717) is 25.4 Å². The van der Waals surface area contributed by atoms with E-state index in [1.165, 1.54) is 37.8 Å². The first kappa shape index (κ1) is 20.9. The van der Waals surface area contributed by atoms with Crippen molar-refractivity contribution in [2.45, 2.75) is 56.7 Å². The second-order valence-electron chi connectivity index (χ2n) is 8.62. The number of hydrogen-bond donors (Lipinski definition) is 0. The molecular formula is C22H30ClFN2O3. The molecule has 0 saturated carbocycles. The van der Waals surface area contributed by atoms with Gasteiger partial charge in [0, 0.05) is 25.6 Å². The molecule has 7 heteroatoms. The first-order valence-electron chi connectivity index (χ1n) is 10.8. The quantitative estimate of drug-likeness (QED) is 0.735. The van der Waals surface area contributed by atoms with E-state index in [4.69, 9.17) is 21.1 Å². The standard InChI is InChI=1S/C22H30ClFN2O3/c23-19-12-17(6-7-20(19)24)29-18-13-22(28-15-18)8-5-11-26(16-22)21(27)14-25-9-3-1-2-4-10-25/h6-7,12,18H,1-5,8-11,13-16H2/t18-,22-/m1/s1. The molecule has 0 bridgehead atoms. The average Bonchev–Trinajstić information content (AvgIpc) is 2.90. The van der Waals surface area contributed by atoms with E-state index >= 15 is 0 Å². The molecule has 29 heavy (non-hydrogen) atoms. The van der Waals surface area contributed by atoms with Crippen molar-refractivity contribution < 1.29 is 18.7 Å². The van der Waals surface area contributed by atoms with E-state index in [1.54, 1.807) is 6.07 Å². The number of likely N-dealkylation sites (tertiary alicyclic amines) is 2. The minimum atomic E-state index is -0.455. The largest absolute Gasteiger partial charge is 0.488 e. The van der Waals surface area contributed by atoms with Crippen LogP contribution in [0.15, 0.2) is 18.2 Å². The Morgan fingerprint density at radius 2 is 2.00 bits per heavy atom. The van der Waals surface area contributed by atoms with E-state index < -0.39 is 5.82 Å². The summed E-state index contributed by atoms with van der Waals surface area (Å²) >= 11 is 5.85. The molecule has 3 aliphatic heterocycles. The van der Waals surface area contributed by atoms with Gasteiger partial charge in [-0.1, -0.05) is 24.4 Å². The molecule has 0 N–H and O–H groups in total. The highest BCUT2D eigenvalue weighted by atomic mass is 35.5. The molecule has 1 aromatic rings. The van der Waals surface area contributed by atoms with Crippen molar-refractivity contribution in [1.29, 1.82) is 0 Å². The fraction of sp³-hybridized carbons (Fsp3) is 0.682. The Morgan fingerprint density at radius 1 is 1.21 bits per heavy atom. The summed E-state index contributed by atoms with van der Waals surface area (Å²) in [4.78, 5) is 17.2. The number of hydrogen-bond acceptors (Lipinski definition) is 4. The average molecular weight is 425 g/mol. The third kappa shape index (κ3) is 5.22. The molecule has 1 aromatic carbocycles. The van der Waals surface area contributed by atoms with Crippen molar-refractivity contribution in [3.63, 3.8) is 0 Å². The molecule has 0 aromatic heterocycles. The van der Waals surface area contributed by atoms with Crippen molar-refractivity contribution >= 4 is 17.5 Å². The van der Waals surface area contributed by atoms with Gasteiger partial charge >= 0.3 is 0 Å². The zero-order chi connectivity index (χ0) is 20.3. The summed E-state index contributed by atoms with van der Waals surface area (Å²) in [7, 11) is 0. The highest BCUT2D eigenvalue weighted by Gasteiger charge is 2.45. The maximum absolute atomic E-state index is 13.4. The Bertz CT molecular complexity index is 726. The van der Waals surface area contributed by atoms with Gasteiger partial charge in [-0.15, -0.1) is 0 Å². The number of amides is 1. The van der Waals surface area contributed by atoms with Crippen LogP contribution in [0.3, 0.4) is 0 Å². The van der Waals surface area contributed by atoms with Crippen LogP contribution in [0.25, 0.3) is 0 Å². The fourth-order valence-corrected chi connectivity index (χ4v) is 4.97. The van der Waals surface area contributed by atoms with Crippen LogP contribution in [-0.4, -0.2) is 66.7 Å². The van der Waals surface area contributed by atoms with Crippen molar-refractivity contribution in [1.82, 2.24) is 9.80 Å². The summed E-state index contributed by atoms with van der Waals surface area (Å²) < 4.78 is 25.5. The Balaban J connectivity index is 1.32. The van der Waals surface area contributed by atoms with E-state index in [9.17, 15) is 9.18 Å². The van der Waals surface area contributed by atoms with Gasteiger partial charge in [-0.2, -0.15) is 0 Å². The number of piperidine rings is 1. The summed E-state index contributed by atoms with van der Waals surface area (Å²) in [6.07, 6.45) is 7.41. The van der Waals surface area contributed by atoms with Crippen LogP contribution in [0, 0.1) is 5.82 Å². The molecule has 0 radical (unpaired) electrons. The lowest BCUT2D eigenvalue weighted by molar-refractivity contribution is -0.140. The number of carbonyl (C=O) groups is 1. The van der Waals surface area contributed by atoms with Crippen LogP contribution >= 0.6 is 11.6 Å². The Hall–Kier alpha value is -1.37. The third-order valence-corrected chi connectivity index (χ3v) is 6.61. The fourth-order valence-electron chi connectivity index (χ4n) is 4.80. The molecular weight excluding hydrogens is 395 g/mol. The highest BCUT2D eigenvalue weighted by Crippen LogP contribution is 2.36. The first-order valence-corrected chi connectivity index (χ1v) is 11.2. The van der Waals surface area contributed by atoms with E-state index in [1.807, 2.05) is 4.90 Å². The minimum absolute atomic E-state index is 0.0547. The summed E-state index contributed by atoms with van der Waals surface area (Å²) in [5.41, 5.74) is -0.332. The van der Waals surface area contributed by atoms with Crippen molar-refractivity contribution in [2.75, 3.05) is 39.3 Å². The molecule has 0 unspecified atom stereocenters. The molecule has 1 spiro atoms. The monoisotopic (exact) mass is 424 g/mol. The summed E-state index contributed by atoms with van der Waals surface area (Å²) in [5.74, 6) is 0.306. The Kier molecular flexibility index (Phi) is 6.62. The number of carbonyl (C=O) groups excluding carboxylic acids is 1. The predicted molar refractivity (Wildman–Crippen MR) is 110 cm³/mol. The van der Waals surface area contributed by atoms with Crippen molar-refractivity contribution in [2.24, 2.45) is 0 Å². The molecule has 0 aliphatic carbocycles. The van der Waals surface area contributed by atoms with Crippen LogP contribution in [0.4, 0.5) is 4.39 Å². The van der Waals surface area contributed by atoms with Crippen molar-refractivity contribution in [3.8, 4) is 5.75 Å². The van der Waals surface area contributed by atoms with Gasteiger partial charge in [0.25, 0.3) is 0 Å². The van der Waals surface area contributed by atoms with Crippen LogP contribution in [0.2, 0.25) is 5.02 Å². The highest BCUT2D eigenvalue weighted by molar-refractivity contribution is 6.30. The normalized spacial score (nSPS) is 28.5. The Labute approximate surface area is 177 Å². The number of rotatable bonds is 4. The maximum Gasteiger partial charge on any atom is 0.236 e. The predicted octanol–water partition coefficient (Wildman–Crippen LogP) is 3.88. The first-order chi connectivity index (χ1) is 14.0. The van der Waals surface area contributed by atoms with Crippen LogP contribution in [0.5, 0.6) is 5.75 Å². The van der Waals surface area contributed by atoms with Crippen molar-refractivity contribution in [3.05, 3.63) is 29.0 Å². The summed E-state index contributed by atoms with van der Waals surface area (Å²) in [6, 6.07) is 4.40. The molecule has 3 aliphatic rings. The van der Waals surface area contributed by atoms with Gasteiger partial charge in [0.05, 0.1) is 23.8 Å². The van der Waals surface area contributed by atoms with E-state index in [0.717, 1.165) is 38.9 Å². The van der Waals surface area contributed by atoms with Gasteiger partial charge in [-0.3, -0.25) is 9.69 Å². The molecule has 5 nitrogen and oxygen atoms in total.